The van der Waals surface area contributed by atoms with Gasteiger partial charge in [-0.1, -0.05) is 128 Å². The van der Waals surface area contributed by atoms with Crippen molar-refractivity contribution in [1.82, 2.24) is 9.80 Å². The third kappa shape index (κ3) is 11.1. The minimum Gasteiger partial charge on any atom is -0.356 e. The Balaban J connectivity index is 1.69. The molecule has 0 aliphatic carbocycles. The Morgan fingerprint density at radius 1 is 0.581 bits per heavy atom. The zero-order valence-corrected chi connectivity index (χ0v) is 20.7. The van der Waals surface area contributed by atoms with Crippen LogP contribution in [0.1, 0.15) is 122 Å². The summed E-state index contributed by atoms with van der Waals surface area (Å²) < 4.78 is 0. The summed E-state index contributed by atoms with van der Waals surface area (Å²) in [5.74, 6) is 0. The van der Waals surface area contributed by atoms with Crippen LogP contribution in [-0.4, -0.2) is 22.5 Å². The van der Waals surface area contributed by atoms with Gasteiger partial charge in [-0.3, -0.25) is 0 Å². The molecule has 0 spiro atoms. The highest BCUT2D eigenvalue weighted by molar-refractivity contribution is 5.15. The Kier molecular flexibility index (Phi) is 14.3. The predicted molar refractivity (Wildman–Crippen MR) is 137 cm³/mol. The van der Waals surface area contributed by atoms with Gasteiger partial charge >= 0.3 is 0 Å². The first kappa shape index (κ1) is 25.8. The van der Waals surface area contributed by atoms with Gasteiger partial charge in [0.15, 0.2) is 0 Å². The lowest BCUT2D eigenvalue weighted by molar-refractivity contribution is 0.132. The van der Waals surface area contributed by atoms with E-state index in [2.05, 4.69) is 66.4 Å². The molecule has 0 radical (unpaired) electrons. The Hall–Kier alpha value is -1.44. The quantitative estimate of drug-likeness (QED) is 0.204. The summed E-state index contributed by atoms with van der Waals surface area (Å²) in [6.45, 7) is 6.85. The lowest BCUT2D eigenvalue weighted by Gasteiger charge is -2.33. The highest BCUT2D eigenvalue weighted by atomic mass is 15.4. The third-order valence-electron chi connectivity index (χ3n) is 6.76. The fourth-order valence-electron chi connectivity index (χ4n) is 4.78. The Labute approximate surface area is 194 Å². The molecule has 0 N–H and O–H groups in total. The van der Waals surface area contributed by atoms with Crippen LogP contribution in [0.3, 0.4) is 0 Å². The number of hydrogen-bond donors (Lipinski definition) is 0. The number of nitrogens with zero attached hydrogens (tertiary/aromatic N) is 2. The van der Waals surface area contributed by atoms with Crippen LogP contribution >= 0.6 is 0 Å². The Morgan fingerprint density at radius 2 is 1.10 bits per heavy atom. The molecule has 31 heavy (non-hydrogen) atoms. The molecule has 2 nitrogen and oxygen atoms in total. The van der Waals surface area contributed by atoms with Crippen LogP contribution in [0.4, 0.5) is 0 Å². The summed E-state index contributed by atoms with van der Waals surface area (Å²) in [7, 11) is 0. The zero-order valence-electron chi connectivity index (χ0n) is 20.7. The lowest BCUT2D eigenvalue weighted by atomic mass is 10.0. The average Bonchev–Trinajstić information content (AvgIpc) is 3.17. The minimum atomic E-state index is 0.556. The maximum absolute atomic E-state index is 2.63. The van der Waals surface area contributed by atoms with Crippen molar-refractivity contribution in [1.29, 1.82) is 0 Å². The van der Waals surface area contributed by atoms with Crippen molar-refractivity contribution in [3.63, 3.8) is 0 Å². The van der Waals surface area contributed by atoms with E-state index >= 15 is 0 Å². The van der Waals surface area contributed by atoms with Gasteiger partial charge in [0, 0.05) is 25.5 Å². The molecule has 0 fully saturated rings. The van der Waals surface area contributed by atoms with E-state index in [9.17, 15) is 0 Å². The normalized spacial score (nSPS) is 15.9. The number of benzene rings is 1. The van der Waals surface area contributed by atoms with Crippen LogP contribution in [0.5, 0.6) is 0 Å². The van der Waals surface area contributed by atoms with Crippen LogP contribution in [0.15, 0.2) is 42.7 Å². The van der Waals surface area contributed by atoms with E-state index in [1.807, 2.05) is 0 Å². The molecule has 0 aromatic heterocycles. The zero-order chi connectivity index (χ0) is 22.0. The van der Waals surface area contributed by atoms with Crippen molar-refractivity contribution in [2.75, 3.05) is 6.54 Å². The largest absolute Gasteiger partial charge is 0.356 e. The number of unbranched alkanes of at least 4 members (excludes halogenated alkanes) is 13. The van der Waals surface area contributed by atoms with Gasteiger partial charge in [-0.2, -0.15) is 0 Å². The molecule has 1 aromatic carbocycles. The van der Waals surface area contributed by atoms with Gasteiger partial charge in [0.25, 0.3) is 0 Å². The van der Waals surface area contributed by atoms with Crippen molar-refractivity contribution in [3.8, 4) is 0 Å². The molecule has 2 rings (SSSR count). The topological polar surface area (TPSA) is 6.48 Å². The van der Waals surface area contributed by atoms with Gasteiger partial charge in [0.05, 0.1) is 0 Å². The highest BCUT2D eigenvalue weighted by Gasteiger charge is 2.25. The summed E-state index contributed by atoms with van der Waals surface area (Å²) in [4.78, 5) is 5.21. The van der Waals surface area contributed by atoms with E-state index in [1.54, 1.807) is 0 Å². The van der Waals surface area contributed by atoms with E-state index in [4.69, 9.17) is 0 Å². The first-order valence-electron chi connectivity index (χ1n) is 13.6. The van der Waals surface area contributed by atoms with Crippen molar-refractivity contribution in [3.05, 3.63) is 48.3 Å². The van der Waals surface area contributed by atoms with Gasteiger partial charge < -0.3 is 9.80 Å². The van der Waals surface area contributed by atoms with Gasteiger partial charge in [-0.15, -0.1) is 0 Å². The third-order valence-corrected chi connectivity index (χ3v) is 6.76. The molecule has 1 aromatic rings. The van der Waals surface area contributed by atoms with Gasteiger partial charge in [-0.25, -0.2) is 0 Å². The molecular weight excluding hydrogens is 376 g/mol. The first-order chi connectivity index (χ1) is 15.3. The molecule has 0 amide bonds. The van der Waals surface area contributed by atoms with Gasteiger partial charge in [-0.05, 0) is 24.8 Å². The second kappa shape index (κ2) is 17.2. The van der Waals surface area contributed by atoms with Crippen molar-refractivity contribution in [2.45, 2.75) is 129 Å². The van der Waals surface area contributed by atoms with Crippen molar-refractivity contribution in [2.24, 2.45) is 0 Å². The van der Waals surface area contributed by atoms with E-state index in [1.165, 1.54) is 115 Å². The monoisotopic (exact) mass is 426 g/mol. The van der Waals surface area contributed by atoms with Crippen molar-refractivity contribution >= 4 is 0 Å². The highest BCUT2D eigenvalue weighted by Crippen LogP contribution is 2.25. The molecule has 0 bridgehead atoms. The maximum Gasteiger partial charge on any atom is 0.101 e. The van der Waals surface area contributed by atoms with Crippen LogP contribution in [0.2, 0.25) is 0 Å². The Bertz CT molecular complexity index is 553. The van der Waals surface area contributed by atoms with E-state index < -0.39 is 0 Å². The summed E-state index contributed by atoms with van der Waals surface area (Å²) in [5, 5.41) is 0. The van der Waals surface area contributed by atoms with Crippen molar-refractivity contribution < 1.29 is 0 Å². The van der Waals surface area contributed by atoms with E-state index in [0.29, 0.717) is 6.17 Å². The standard InChI is InChI=1S/C29H50N2/c1-3-5-7-9-10-11-12-13-14-19-23-29-30(24-20-15-8-6-4-2)25-26-31(29)27-28-21-17-16-18-22-28/h16-18,21-22,25-26,29H,3-15,19-20,23-24,27H2,1-2H3. The second-order valence-electron chi connectivity index (χ2n) is 9.56. The molecule has 0 saturated carbocycles. The Morgan fingerprint density at radius 3 is 1.71 bits per heavy atom. The number of hydrogen-bond acceptors (Lipinski definition) is 2. The van der Waals surface area contributed by atoms with Crippen LogP contribution in [0, 0.1) is 0 Å². The average molecular weight is 427 g/mol. The summed E-state index contributed by atoms with van der Waals surface area (Å²) in [5.41, 5.74) is 1.42. The molecule has 0 saturated heterocycles. The van der Waals surface area contributed by atoms with Crippen LogP contribution in [0.25, 0.3) is 0 Å². The fraction of sp³-hybridized carbons (Fsp3) is 0.724. The van der Waals surface area contributed by atoms with Gasteiger partial charge in [0.2, 0.25) is 0 Å². The second-order valence-corrected chi connectivity index (χ2v) is 9.56. The molecule has 1 atom stereocenters. The van der Waals surface area contributed by atoms with E-state index in [-0.39, 0.29) is 0 Å². The van der Waals surface area contributed by atoms with Gasteiger partial charge in [0.1, 0.15) is 6.17 Å². The first-order valence-corrected chi connectivity index (χ1v) is 13.6. The number of rotatable bonds is 19. The lowest BCUT2D eigenvalue weighted by Crippen LogP contribution is -2.38. The fourth-order valence-corrected chi connectivity index (χ4v) is 4.78. The molecule has 1 aliphatic heterocycles. The molecule has 2 heteroatoms. The summed E-state index contributed by atoms with van der Waals surface area (Å²) in [6.07, 6.45) is 27.6. The molecule has 1 aliphatic rings. The maximum atomic E-state index is 2.63. The minimum absolute atomic E-state index is 0.556. The van der Waals surface area contributed by atoms with Crippen LogP contribution < -0.4 is 0 Å². The van der Waals surface area contributed by atoms with Crippen LogP contribution in [-0.2, 0) is 6.54 Å². The molecule has 1 heterocycles. The summed E-state index contributed by atoms with van der Waals surface area (Å²) in [6, 6.07) is 11.0. The predicted octanol–water partition coefficient (Wildman–Crippen LogP) is 8.88. The molecule has 176 valence electrons. The smallest absolute Gasteiger partial charge is 0.101 e. The summed E-state index contributed by atoms with van der Waals surface area (Å²) >= 11 is 0. The molecule has 1 unspecified atom stereocenters. The molecular formula is C29H50N2. The van der Waals surface area contributed by atoms with E-state index in [0.717, 1.165) is 6.54 Å². The SMILES string of the molecule is CCCCCCCCCCCCC1N(CCCCCCC)C=CN1Cc1ccccc1.